The summed E-state index contributed by atoms with van der Waals surface area (Å²) in [6.45, 7) is 1.88. The average molecular weight is 399 g/mol. The molecule has 1 aliphatic heterocycles. The van der Waals surface area contributed by atoms with E-state index in [1.165, 1.54) is 4.90 Å². The Labute approximate surface area is 175 Å². The second-order valence-corrected chi connectivity index (χ2v) is 6.98. The molecule has 0 bridgehead atoms. The molecule has 0 radical (unpaired) electrons. The molecule has 0 saturated carbocycles. The van der Waals surface area contributed by atoms with Gasteiger partial charge in [0.05, 0.1) is 19.9 Å². The summed E-state index contributed by atoms with van der Waals surface area (Å²) in [5.41, 5.74) is 3.70. The van der Waals surface area contributed by atoms with Crippen LogP contribution in [0.2, 0.25) is 0 Å². The maximum atomic E-state index is 13.5. The molecule has 3 aromatic rings. The summed E-state index contributed by atoms with van der Waals surface area (Å²) in [6, 6.07) is 19.9. The van der Waals surface area contributed by atoms with Crippen molar-refractivity contribution in [3.05, 3.63) is 89.0 Å². The summed E-state index contributed by atoms with van der Waals surface area (Å²) in [6.07, 6.45) is 1.77. The first-order chi connectivity index (χ1) is 14.5. The first-order valence-corrected chi connectivity index (χ1v) is 9.52. The van der Waals surface area contributed by atoms with Gasteiger partial charge in [0.25, 0.3) is 11.8 Å². The second-order valence-electron chi connectivity index (χ2n) is 6.98. The number of ether oxygens (including phenoxy) is 2. The number of nitrogens with zero attached hydrogens (tertiary/aromatic N) is 1. The zero-order valence-electron chi connectivity index (χ0n) is 17.0. The molecule has 0 fully saturated rings. The Balaban J connectivity index is 1.92. The van der Waals surface area contributed by atoms with Crippen LogP contribution < -0.4 is 14.4 Å². The molecule has 5 nitrogen and oxygen atoms in total. The molecule has 1 aliphatic rings. The Morgan fingerprint density at radius 2 is 1.37 bits per heavy atom. The van der Waals surface area contributed by atoms with E-state index >= 15 is 0 Å². The number of rotatable bonds is 4. The monoisotopic (exact) mass is 399 g/mol. The van der Waals surface area contributed by atoms with Crippen LogP contribution in [0.5, 0.6) is 11.5 Å². The van der Waals surface area contributed by atoms with E-state index in [2.05, 4.69) is 0 Å². The van der Waals surface area contributed by atoms with Crippen molar-refractivity contribution in [2.75, 3.05) is 19.1 Å². The van der Waals surface area contributed by atoms with E-state index < -0.39 is 0 Å². The van der Waals surface area contributed by atoms with Gasteiger partial charge in [0.1, 0.15) is 11.5 Å². The third-order valence-electron chi connectivity index (χ3n) is 5.13. The van der Waals surface area contributed by atoms with Crippen LogP contribution in [0.15, 0.2) is 66.7 Å². The minimum atomic E-state index is -0.366. The van der Waals surface area contributed by atoms with Crippen molar-refractivity contribution in [3.8, 4) is 11.5 Å². The fraction of sp³-hybridized carbons (Fsp3) is 0.120. The Morgan fingerprint density at radius 3 is 2.00 bits per heavy atom. The molecule has 0 saturated heterocycles. The van der Waals surface area contributed by atoms with Crippen molar-refractivity contribution in [2.45, 2.75) is 6.92 Å². The molecule has 0 atom stereocenters. The number of amides is 2. The van der Waals surface area contributed by atoms with Crippen LogP contribution in [0.4, 0.5) is 5.69 Å². The fourth-order valence-electron chi connectivity index (χ4n) is 3.60. The first-order valence-electron chi connectivity index (χ1n) is 9.52. The van der Waals surface area contributed by atoms with Crippen molar-refractivity contribution < 1.29 is 19.1 Å². The molecule has 0 spiro atoms. The highest BCUT2D eigenvalue weighted by Crippen LogP contribution is 2.35. The zero-order valence-corrected chi connectivity index (χ0v) is 17.0. The van der Waals surface area contributed by atoms with Gasteiger partial charge in [-0.3, -0.25) is 9.59 Å². The van der Waals surface area contributed by atoms with Crippen molar-refractivity contribution in [3.63, 3.8) is 0 Å². The van der Waals surface area contributed by atoms with Crippen molar-refractivity contribution in [2.24, 2.45) is 0 Å². The van der Waals surface area contributed by atoms with Crippen LogP contribution in [0.1, 0.15) is 27.0 Å². The molecule has 150 valence electrons. The predicted octanol–water partition coefficient (Wildman–Crippen LogP) is 4.74. The molecule has 0 aliphatic carbocycles. The Hall–Kier alpha value is -3.86. The van der Waals surface area contributed by atoms with Gasteiger partial charge in [-0.2, -0.15) is 0 Å². The number of methoxy groups -OCH3 is 2. The third kappa shape index (κ3) is 3.35. The first kappa shape index (κ1) is 19.5. The van der Waals surface area contributed by atoms with Gasteiger partial charge >= 0.3 is 0 Å². The summed E-state index contributed by atoms with van der Waals surface area (Å²) in [5, 5.41) is 0. The van der Waals surface area contributed by atoms with E-state index in [0.29, 0.717) is 33.9 Å². The number of imide groups is 1. The van der Waals surface area contributed by atoms with E-state index in [4.69, 9.17) is 9.47 Å². The molecule has 5 heteroatoms. The van der Waals surface area contributed by atoms with Gasteiger partial charge < -0.3 is 9.47 Å². The number of para-hydroxylation sites is 1. The number of aryl methyl sites for hydroxylation is 1. The maximum Gasteiger partial charge on any atom is 0.265 e. The van der Waals surface area contributed by atoms with Gasteiger partial charge in [0, 0.05) is 17.2 Å². The Morgan fingerprint density at radius 1 is 0.767 bits per heavy atom. The predicted molar refractivity (Wildman–Crippen MR) is 117 cm³/mol. The highest BCUT2D eigenvalue weighted by molar-refractivity contribution is 6.43. The molecule has 2 amide bonds. The minimum Gasteiger partial charge on any atom is -0.497 e. The molecule has 30 heavy (non-hydrogen) atoms. The zero-order chi connectivity index (χ0) is 21.3. The molecule has 3 aromatic carbocycles. The lowest BCUT2D eigenvalue weighted by Gasteiger charge is -2.29. The lowest BCUT2D eigenvalue weighted by atomic mass is 9.91. The van der Waals surface area contributed by atoms with Crippen LogP contribution in [-0.4, -0.2) is 26.0 Å². The molecular formula is C25H21NO4. The molecule has 0 N–H and O–H groups in total. The van der Waals surface area contributed by atoms with Gasteiger partial charge in [0.15, 0.2) is 0 Å². The largest absolute Gasteiger partial charge is 0.497 e. The van der Waals surface area contributed by atoms with Crippen LogP contribution in [0.25, 0.3) is 11.6 Å². The summed E-state index contributed by atoms with van der Waals surface area (Å²) in [5.74, 6) is 0.536. The smallest absolute Gasteiger partial charge is 0.265 e. The maximum absolute atomic E-state index is 13.5. The number of hydrogen-bond donors (Lipinski definition) is 0. The van der Waals surface area contributed by atoms with Crippen molar-refractivity contribution >= 4 is 29.2 Å². The average Bonchev–Trinajstić information content (AvgIpc) is 2.77. The number of carbonyl (C=O) groups excluding carboxylic acids is 2. The molecule has 0 aromatic heterocycles. The normalized spacial score (nSPS) is 14.6. The van der Waals surface area contributed by atoms with Crippen molar-refractivity contribution in [1.29, 1.82) is 0 Å². The summed E-state index contributed by atoms with van der Waals surface area (Å²) in [4.78, 5) is 28.0. The van der Waals surface area contributed by atoms with E-state index in [1.807, 2.05) is 43.3 Å². The van der Waals surface area contributed by atoms with Gasteiger partial charge in [-0.15, -0.1) is 0 Å². The van der Waals surface area contributed by atoms with Gasteiger partial charge in [-0.1, -0.05) is 36.4 Å². The van der Waals surface area contributed by atoms with Crippen molar-refractivity contribution in [1.82, 2.24) is 0 Å². The molecule has 0 unspecified atom stereocenters. The lowest BCUT2D eigenvalue weighted by Crippen LogP contribution is -2.42. The van der Waals surface area contributed by atoms with E-state index in [9.17, 15) is 9.59 Å². The standard InChI is InChI=1S/C25H21NO4/c1-16-8-4-7-11-23(16)26-24(27)21-10-6-5-9-20(21)22(25(26)28)14-17-12-18(29-2)15-19(13-17)30-3/h4-15H,1-3H3/b22-14-. The molecule has 1 heterocycles. The van der Waals surface area contributed by atoms with Crippen LogP contribution in [0.3, 0.4) is 0 Å². The number of carbonyl (C=O) groups is 2. The SMILES string of the molecule is COc1cc(/C=C2\C(=O)N(c3ccccc3C)C(=O)c3ccccc32)cc(OC)c1. The Bertz CT molecular complexity index is 1160. The van der Waals surface area contributed by atoms with Crippen LogP contribution in [-0.2, 0) is 4.79 Å². The van der Waals surface area contributed by atoms with Crippen LogP contribution in [0, 0.1) is 6.92 Å². The van der Waals surface area contributed by atoms with Crippen LogP contribution >= 0.6 is 0 Å². The van der Waals surface area contributed by atoms with E-state index in [0.717, 1.165) is 11.1 Å². The lowest BCUT2D eigenvalue weighted by molar-refractivity contribution is -0.112. The van der Waals surface area contributed by atoms with E-state index in [-0.39, 0.29) is 11.8 Å². The highest BCUT2D eigenvalue weighted by Gasteiger charge is 2.36. The fourth-order valence-corrected chi connectivity index (χ4v) is 3.60. The molecular weight excluding hydrogens is 378 g/mol. The van der Waals surface area contributed by atoms with Gasteiger partial charge in [0.2, 0.25) is 0 Å². The summed E-state index contributed by atoms with van der Waals surface area (Å²) >= 11 is 0. The number of hydrogen-bond acceptors (Lipinski definition) is 4. The topological polar surface area (TPSA) is 55.8 Å². The number of anilines is 1. The Kier molecular flexibility index (Phi) is 5.11. The number of fused-ring (bicyclic) bond motifs is 1. The molecule has 4 rings (SSSR count). The van der Waals surface area contributed by atoms with Gasteiger partial charge in [-0.25, -0.2) is 4.90 Å². The van der Waals surface area contributed by atoms with E-state index in [1.54, 1.807) is 50.6 Å². The third-order valence-corrected chi connectivity index (χ3v) is 5.13. The number of benzene rings is 3. The summed E-state index contributed by atoms with van der Waals surface area (Å²) < 4.78 is 10.7. The summed E-state index contributed by atoms with van der Waals surface area (Å²) in [7, 11) is 3.15. The second kappa shape index (κ2) is 7.87. The highest BCUT2D eigenvalue weighted by atomic mass is 16.5. The van der Waals surface area contributed by atoms with Gasteiger partial charge in [-0.05, 0) is 54.0 Å². The quantitative estimate of drug-likeness (QED) is 0.470. The minimum absolute atomic E-state index is 0.328.